The molecule has 2 aliphatic carbocycles. The molecule has 0 unspecified atom stereocenters. The second-order valence-corrected chi connectivity index (χ2v) is 8.67. The van der Waals surface area contributed by atoms with Crippen molar-refractivity contribution in [1.29, 1.82) is 0 Å². The summed E-state index contributed by atoms with van der Waals surface area (Å²) in [6.45, 7) is 3.22. The van der Waals surface area contributed by atoms with Gasteiger partial charge >= 0.3 is 0 Å². The lowest BCUT2D eigenvalue weighted by Crippen LogP contribution is -2.55. The number of hydrogen-bond donors (Lipinski definition) is 0. The summed E-state index contributed by atoms with van der Waals surface area (Å²) >= 11 is 0. The van der Waals surface area contributed by atoms with Gasteiger partial charge in [-0.05, 0) is 93.5 Å². The van der Waals surface area contributed by atoms with E-state index in [1.165, 1.54) is 69.0 Å². The molecule has 1 aromatic rings. The number of carbonyl (C=O) groups is 1. The highest BCUT2D eigenvalue weighted by molar-refractivity contribution is 5.94. The van der Waals surface area contributed by atoms with Crippen molar-refractivity contribution in [3.8, 4) is 0 Å². The predicted octanol–water partition coefficient (Wildman–Crippen LogP) is 3.65. The molecule has 1 amide bonds. The van der Waals surface area contributed by atoms with Gasteiger partial charge in [0, 0.05) is 30.7 Å². The van der Waals surface area contributed by atoms with Crippen LogP contribution in [0.5, 0.6) is 0 Å². The molecule has 2 heterocycles. The van der Waals surface area contributed by atoms with Gasteiger partial charge in [-0.1, -0.05) is 6.07 Å². The largest absolute Gasteiger partial charge is 0.338 e. The highest BCUT2D eigenvalue weighted by Gasteiger charge is 2.42. The van der Waals surface area contributed by atoms with Gasteiger partial charge in [0.2, 0.25) is 0 Å². The standard InChI is InChI=1S/C22H30N2O/c25-22(18-8-7-16-4-1-2-5-17(16)14-18)23-13-11-21-19(15-23)6-3-12-24(21)20-9-10-20/h7-8,14,19-21H,1-6,9-13,15H2/t19-,21+/m0/s1. The number of carbonyl (C=O) groups excluding carboxylic acids is 1. The van der Waals surface area contributed by atoms with E-state index in [4.69, 9.17) is 0 Å². The van der Waals surface area contributed by atoms with Crippen molar-refractivity contribution < 1.29 is 4.79 Å². The van der Waals surface area contributed by atoms with Gasteiger partial charge in [-0.15, -0.1) is 0 Å². The van der Waals surface area contributed by atoms with Gasteiger partial charge in [-0.3, -0.25) is 9.69 Å². The Labute approximate surface area is 151 Å². The molecular formula is C22H30N2O. The summed E-state index contributed by atoms with van der Waals surface area (Å²) in [5.74, 6) is 0.972. The lowest BCUT2D eigenvalue weighted by Gasteiger charge is -2.47. The molecule has 2 aliphatic heterocycles. The molecular weight excluding hydrogens is 308 g/mol. The van der Waals surface area contributed by atoms with E-state index >= 15 is 0 Å². The third-order valence-corrected chi connectivity index (χ3v) is 7.01. The fourth-order valence-corrected chi connectivity index (χ4v) is 5.54. The molecule has 0 bridgehead atoms. The monoisotopic (exact) mass is 338 g/mol. The number of amides is 1. The minimum Gasteiger partial charge on any atom is -0.338 e. The van der Waals surface area contributed by atoms with Crippen LogP contribution in [0, 0.1) is 5.92 Å². The fourth-order valence-electron chi connectivity index (χ4n) is 5.54. The van der Waals surface area contributed by atoms with E-state index in [9.17, 15) is 4.79 Å². The zero-order valence-corrected chi connectivity index (χ0v) is 15.3. The van der Waals surface area contributed by atoms with E-state index < -0.39 is 0 Å². The molecule has 1 aromatic carbocycles. The Kier molecular flexibility index (Phi) is 4.08. The first kappa shape index (κ1) is 15.9. The number of piperidine rings is 2. The van der Waals surface area contributed by atoms with Crippen molar-refractivity contribution in [3.63, 3.8) is 0 Å². The fraction of sp³-hybridized carbons (Fsp3) is 0.682. The summed E-state index contributed by atoms with van der Waals surface area (Å²) in [5.41, 5.74) is 3.81. The van der Waals surface area contributed by atoms with Crippen LogP contribution in [-0.2, 0) is 12.8 Å². The van der Waals surface area contributed by atoms with Crippen molar-refractivity contribution >= 4 is 5.91 Å². The molecule has 134 valence electrons. The number of aryl methyl sites for hydroxylation is 2. The van der Waals surface area contributed by atoms with Crippen molar-refractivity contribution in [1.82, 2.24) is 9.80 Å². The number of likely N-dealkylation sites (tertiary alicyclic amines) is 2. The third-order valence-electron chi connectivity index (χ3n) is 7.01. The van der Waals surface area contributed by atoms with Gasteiger partial charge in [0.15, 0.2) is 0 Å². The van der Waals surface area contributed by atoms with Crippen LogP contribution < -0.4 is 0 Å². The molecule has 25 heavy (non-hydrogen) atoms. The van der Waals surface area contributed by atoms with E-state index in [2.05, 4.69) is 28.0 Å². The van der Waals surface area contributed by atoms with Crippen LogP contribution in [0.15, 0.2) is 18.2 Å². The zero-order chi connectivity index (χ0) is 16.8. The summed E-state index contributed by atoms with van der Waals surface area (Å²) < 4.78 is 0. The van der Waals surface area contributed by atoms with Gasteiger partial charge in [0.25, 0.3) is 5.91 Å². The Morgan fingerprint density at radius 3 is 2.60 bits per heavy atom. The van der Waals surface area contributed by atoms with Crippen LogP contribution in [0.3, 0.4) is 0 Å². The minimum atomic E-state index is 0.273. The Hall–Kier alpha value is -1.35. The van der Waals surface area contributed by atoms with Crippen molar-refractivity contribution in [3.05, 3.63) is 34.9 Å². The molecule has 4 aliphatic rings. The summed E-state index contributed by atoms with van der Waals surface area (Å²) in [7, 11) is 0. The lowest BCUT2D eigenvalue weighted by molar-refractivity contribution is 0.0174. The van der Waals surface area contributed by atoms with Gasteiger partial charge in [0.1, 0.15) is 0 Å². The molecule has 2 saturated heterocycles. The molecule has 3 heteroatoms. The number of nitrogens with zero attached hydrogens (tertiary/aromatic N) is 2. The van der Waals surface area contributed by atoms with Crippen LogP contribution in [0.4, 0.5) is 0 Å². The maximum atomic E-state index is 13.1. The normalized spacial score (nSPS) is 29.8. The Bertz CT molecular complexity index is 666. The molecule has 3 fully saturated rings. The number of rotatable bonds is 2. The van der Waals surface area contributed by atoms with E-state index in [-0.39, 0.29) is 5.91 Å². The second kappa shape index (κ2) is 6.42. The molecule has 3 nitrogen and oxygen atoms in total. The van der Waals surface area contributed by atoms with Crippen molar-refractivity contribution in [2.45, 2.75) is 69.9 Å². The van der Waals surface area contributed by atoms with Crippen LogP contribution in [0.2, 0.25) is 0 Å². The van der Waals surface area contributed by atoms with Gasteiger partial charge in [0.05, 0.1) is 0 Å². The maximum absolute atomic E-state index is 13.1. The molecule has 0 radical (unpaired) electrons. The van der Waals surface area contributed by atoms with E-state index in [0.717, 1.165) is 37.2 Å². The molecule has 0 spiro atoms. The SMILES string of the molecule is O=C(c1ccc2c(c1)CCCC2)N1CC[C@@H]2[C@@H](CCCN2C2CC2)C1. The quantitative estimate of drug-likeness (QED) is 0.822. The zero-order valence-electron chi connectivity index (χ0n) is 15.3. The first-order chi connectivity index (χ1) is 12.3. The average Bonchev–Trinajstić information content (AvgIpc) is 3.51. The van der Waals surface area contributed by atoms with E-state index in [1.54, 1.807) is 0 Å². The topological polar surface area (TPSA) is 23.6 Å². The van der Waals surface area contributed by atoms with Crippen molar-refractivity contribution in [2.24, 2.45) is 5.92 Å². The highest BCUT2D eigenvalue weighted by atomic mass is 16.2. The third kappa shape index (κ3) is 3.01. The Balaban J connectivity index is 1.30. The summed E-state index contributed by atoms with van der Waals surface area (Å²) in [5, 5.41) is 0. The first-order valence-electron chi connectivity index (χ1n) is 10.5. The second-order valence-electron chi connectivity index (χ2n) is 8.67. The average molecular weight is 338 g/mol. The number of hydrogen-bond acceptors (Lipinski definition) is 2. The van der Waals surface area contributed by atoms with Gasteiger partial charge < -0.3 is 4.90 Å². The summed E-state index contributed by atoms with van der Waals surface area (Å²) in [6.07, 6.45) is 11.5. The Morgan fingerprint density at radius 2 is 1.76 bits per heavy atom. The van der Waals surface area contributed by atoms with Gasteiger partial charge in [-0.25, -0.2) is 0 Å². The maximum Gasteiger partial charge on any atom is 0.253 e. The summed E-state index contributed by atoms with van der Waals surface area (Å²) in [6, 6.07) is 8.10. The lowest BCUT2D eigenvalue weighted by atomic mass is 9.83. The Morgan fingerprint density at radius 1 is 0.920 bits per heavy atom. The van der Waals surface area contributed by atoms with E-state index in [0.29, 0.717) is 5.92 Å². The van der Waals surface area contributed by atoms with Crippen LogP contribution in [0.25, 0.3) is 0 Å². The molecule has 2 atom stereocenters. The van der Waals surface area contributed by atoms with Crippen molar-refractivity contribution in [2.75, 3.05) is 19.6 Å². The number of fused-ring (bicyclic) bond motifs is 2. The molecule has 0 N–H and O–H groups in total. The van der Waals surface area contributed by atoms with Crippen LogP contribution >= 0.6 is 0 Å². The van der Waals surface area contributed by atoms with E-state index in [1.807, 2.05) is 0 Å². The van der Waals surface area contributed by atoms with Gasteiger partial charge in [-0.2, -0.15) is 0 Å². The molecule has 5 rings (SSSR count). The molecule has 1 saturated carbocycles. The minimum absolute atomic E-state index is 0.273. The summed E-state index contributed by atoms with van der Waals surface area (Å²) in [4.78, 5) is 18.0. The first-order valence-corrected chi connectivity index (χ1v) is 10.5. The van der Waals surface area contributed by atoms with Crippen LogP contribution in [0.1, 0.15) is 66.4 Å². The number of benzene rings is 1. The highest BCUT2D eigenvalue weighted by Crippen LogP contribution is 2.38. The predicted molar refractivity (Wildman–Crippen MR) is 99.8 cm³/mol. The van der Waals surface area contributed by atoms with Crippen LogP contribution in [-0.4, -0.2) is 47.4 Å². The molecule has 0 aromatic heterocycles. The smallest absolute Gasteiger partial charge is 0.253 e.